The second-order valence-corrected chi connectivity index (χ2v) is 5.96. The molecule has 116 valence electrons. The van der Waals surface area contributed by atoms with E-state index in [1.165, 1.54) is 6.07 Å². The van der Waals surface area contributed by atoms with Crippen molar-refractivity contribution in [3.63, 3.8) is 0 Å². The van der Waals surface area contributed by atoms with E-state index in [2.05, 4.69) is 5.32 Å². The molecule has 2 atom stereocenters. The molecule has 1 amide bonds. The minimum absolute atomic E-state index is 0. The van der Waals surface area contributed by atoms with Crippen molar-refractivity contribution in [2.75, 3.05) is 13.1 Å². The SMILES string of the molecule is Cl.O=C(Cc1c(F)cccc1Cl)N1C2CCNCC1CC2. The largest absolute Gasteiger partial charge is 0.335 e. The number of halogens is 3. The summed E-state index contributed by atoms with van der Waals surface area (Å²) >= 11 is 6.01. The van der Waals surface area contributed by atoms with Crippen molar-refractivity contribution in [1.29, 1.82) is 0 Å². The van der Waals surface area contributed by atoms with E-state index in [0.29, 0.717) is 16.6 Å². The molecule has 2 bridgehead atoms. The van der Waals surface area contributed by atoms with Crippen LogP contribution in [-0.2, 0) is 11.2 Å². The van der Waals surface area contributed by atoms with Crippen LogP contribution in [-0.4, -0.2) is 36.0 Å². The van der Waals surface area contributed by atoms with Crippen LogP contribution in [0.15, 0.2) is 18.2 Å². The first-order valence-corrected chi connectivity index (χ1v) is 7.49. The van der Waals surface area contributed by atoms with Gasteiger partial charge in [-0.05, 0) is 37.9 Å². The van der Waals surface area contributed by atoms with Crippen molar-refractivity contribution < 1.29 is 9.18 Å². The van der Waals surface area contributed by atoms with Crippen LogP contribution in [0, 0.1) is 5.82 Å². The summed E-state index contributed by atoms with van der Waals surface area (Å²) in [5, 5.41) is 3.69. The van der Waals surface area contributed by atoms with Crippen molar-refractivity contribution in [3.8, 4) is 0 Å². The predicted molar refractivity (Wildman–Crippen MR) is 83.5 cm³/mol. The molecule has 0 aliphatic carbocycles. The van der Waals surface area contributed by atoms with Crippen LogP contribution in [0.2, 0.25) is 5.02 Å². The Hall–Kier alpha value is -0.840. The number of carbonyl (C=O) groups excluding carboxylic acids is 1. The second kappa shape index (κ2) is 6.95. The monoisotopic (exact) mass is 332 g/mol. The van der Waals surface area contributed by atoms with Crippen LogP contribution in [0.4, 0.5) is 4.39 Å². The van der Waals surface area contributed by atoms with Crippen LogP contribution >= 0.6 is 24.0 Å². The average Bonchev–Trinajstić information content (AvgIpc) is 2.67. The van der Waals surface area contributed by atoms with Crippen LogP contribution in [0.3, 0.4) is 0 Å². The molecule has 2 unspecified atom stereocenters. The molecule has 0 aromatic heterocycles. The fourth-order valence-corrected chi connectivity index (χ4v) is 3.56. The molecule has 0 spiro atoms. The molecule has 3 nitrogen and oxygen atoms in total. The third-order valence-electron chi connectivity index (χ3n) is 4.33. The summed E-state index contributed by atoms with van der Waals surface area (Å²) in [6.45, 7) is 1.79. The molecule has 2 fully saturated rings. The summed E-state index contributed by atoms with van der Waals surface area (Å²) in [6.07, 6.45) is 3.13. The molecule has 1 aromatic rings. The molecule has 0 saturated carbocycles. The summed E-state index contributed by atoms with van der Waals surface area (Å²) in [7, 11) is 0. The maximum atomic E-state index is 13.8. The quantitative estimate of drug-likeness (QED) is 0.903. The summed E-state index contributed by atoms with van der Waals surface area (Å²) in [5.74, 6) is -0.403. The van der Waals surface area contributed by atoms with Gasteiger partial charge in [0.2, 0.25) is 5.91 Å². The van der Waals surface area contributed by atoms with Crippen molar-refractivity contribution >= 4 is 29.9 Å². The molecule has 1 N–H and O–H groups in total. The fraction of sp³-hybridized carbons (Fsp3) is 0.533. The molecule has 6 heteroatoms. The van der Waals surface area contributed by atoms with Gasteiger partial charge in [0.1, 0.15) is 5.82 Å². The minimum Gasteiger partial charge on any atom is -0.335 e. The number of hydrogen-bond acceptors (Lipinski definition) is 2. The van der Waals surface area contributed by atoms with E-state index in [0.717, 1.165) is 32.4 Å². The van der Waals surface area contributed by atoms with Gasteiger partial charge in [0, 0.05) is 29.2 Å². The van der Waals surface area contributed by atoms with Crippen molar-refractivity contribution in [1.82, 2.24) is 10.2 Å². The predicted octanol–water partition coefficient (Wildman–Crippen LogP) is 2.80. The third kappa shape index (κ3) is 3.33. The number of nitrogens with one attached hydrogen (secondary N) is 1. The van der Waals surface area contributed by atoms with Gasteiger partial charge in [-0.25, -0.2) is 4.39 Å². The van der Waals surface area contributed by atoms with E-state index >= 15 is 0 Å². The molecular formula is C15H19Cl2FN2O. The summed E-state index contributed by atoms with van der Waals surface area (Å²) in [4.78, 5) is 14.5. The number of benzene rings is 1. The Labute approximate surface area is 135 Å². The van der Waals surface area contributed by atoms with Gasteiger partial charge in [0.15, 0.2) is 0 Å². The molecule has 2 heterocycles. The first-order chi connectivity index (χ1) is 9.66. The highest BCUT2D eigenvalue weighted by Crippen LogP contribution is 2.29. The molecule has 2 saturated heterocycles. The summed E-state index contributed by atoms with van der Waals surface area (Å²) < 4.78 is 13.8. The Morgan fingerprint density at radius 1 is 1.33 bits per heavy atom. The summed E-state index contributed by atoms with van der Waals surface area (Å²) in [6, 6.07) is 5.10. The lowest BCUT2D eigenvalue weighted by molar-refractivity contribution is -0.133. The lowest BCUT2D eigenvalue weighted by Crippen LogP contribution is -2.43. The highest BCUT2D eigenvalue weighted by Gasteiger charge is 2.38. The van der Waals surface area contributed by atoms with E-state index in [1.807, 2.05) is 4.90 Å². The van der Waals surface area contributed by atoms with Gasteiger partial charge in [-0.2, -0.15) is 0 Å². The molecule has 3 rings (SSSR count). The van der Waals surface area contributed by atoms with Gasteiger partial charge >= 0.3 is 0 Å². The van der Waals surface area contributed by atoms with E-state index in [1.54, 1.807) is 12.1 Å². The number of hydrogen-bond donors (Lipinski definition) is 1. The molecule has 1 aromatic carbocycles. The Bertz CT molecular complexity index is 492. The normalized spacial score (nSPS) is 24.4. The Morgan fingerprint density at radius 2 is 2.10 bits per heavy atom. The van der Waals surface area contributed by atoms with E-state index in [9.17, 15) is 9.18 Å². The lowest BCUT2D eigenvalue weighted by atomic mass is 10.1. The average molecular weight is 333 g/mol. The second-order valence-electron chi connectivity index (χ2n) is 5.56. The molecule has 2 aliphatic rings. The lowest BCUT2D eigenvalue weighted by Gasteiger charge is -2.28. The number of rotatable bonds is 2. The zero-order valence-electron chi connectivity index (χ0n) is 11.6. The topological polar surface area (TPSA) is 32.3 Å². The van der Waals surface area contributed by atoms with Gasteiger partial charge < -0.3 is 10.2 Å². The minimum atomic E-state index is -0.397. The van der Waals surface area contributed by atoms with Crippen molar-refractivity contribution in [3.05, 3.63) is 34.6 Å². The highest BCUT2D eigenvalue weighted by molar-refractivity contribution is 6.31. The van der Waals surface area contributed by atoms with Gasteiger partial charge in [-0.1, -0.05) is 17.7 Å². The zero-order chi connectivity index (χ0) is 14.1. The highest BCUT2D eigenvalue weighted by atomic mass is 35.5. The summed E-state index contributed by atoms with van der Waals surface area (Å²) in [5.41, 5.74) is 0.316. The van der Waals surface area contributed by atoms with Crippen LogP contribution in [0.25, 0.3) is 0 Å². The molecule has 21 heavy (non-hydrogen) atoms. The van der Waals surface area contributed by atoms with Crippen LogP contribution in [0.1, 0.15) is 24.8 Å². The van der Waals surface area contributed by atoms with Gasteiger partial charge in [0.05, 0.1) is 6.42 Å². The van der Waals surface area contributed by atoms with E-state index in [-0.39, 0.29) is 30.8 Å². The Kier molecular flexibility index (Phi) is 5.47. The number of amides is 1. The number of nitrogens with zero attached hydrogens (tertiary/aromatic N) is 1. The van der Waals surface area contributed by atoms with Crippen LogP contribution in [0.5, 0.6) is 0 Å². The van der Waals surface area contributed by atoms with Crippen LogP contribution < -0.4 is 5.32 Å². The maximum absolute atomic E-state index is 13.8. The number of fused-ring (bicyclic) bond motifs is 2. The maximum Gasteiger partial charge on any atom is 0.227 e. The van der Waals surface area contributed by atoms with Crippen molar-refractivity contribution in [2.24, 2.45) is 0 Å². The van der Waals surface area contributed by atoms with Gasteiger partial charge in [-0.3, -0.25) is 4.79 Å². The van der Waals surface area contributed by atoms with Gasteiger partial charge in [-0.15, -0.1) is 12.4 Å². The van der Waals surface area contributed by atoms with E-state index in [4.69, 9.17) is 11.6 Å². The zero-order valence-corrected chi connectivity index (χ0v) is 13.2. The Balaban J connectivity index is 0.00000161. The third-order valence-corrected chi connectivity index (χ3v) is 4.69. The van der Waals surface area contributed by atoms with Crippen molar-refractivity contribution in [2.45, 2.75) is 37.8 Å². The molecule has 0 radical (unpaired) electrons. The van der Waals surface area contributed by atoms with E-state index < -0.39 is 5.82 Å². The smallest absolute Gasteiger partial charge is 0.227 e. The first-order valence-electron chi connectivity index (χ1n) is 7.11. The Morgan fingerprint density at radius 3 is 2.86 bits per heavy atom. The molecule has 2 aliphatic heterocycles. The standard InChI is InChI=1S/C15H18ClFN2O.ClH/c16-13-2-1-3-14(17)12(13)8-15(20)19-10-4-5-11(19)9-18-7-6-10;/h1-3,10-11,18H,4-9H2;1H. The van der Waals surface area contributed by atoms with Gasteiger partial charge in [0.25, 0.3) is 0 Å². The number of carbonyl (C=O) groups is 1. The molecular weight excluding hydrogens is 314 g/mol. The first kappa shape index (κ1) is 16.5. The fourth-order valence-electron chi connectivity index (χ4n) is 3.33.